The molecule has 0 radical (unpaired) electrons. The second-order valence-electron chi connectivity index (χ2n) is 3.32. The fourth-order valence-corrected chi connectivity index (χ4v) is 2.16. The maximum atomic E-state index is 8.77. The molecule has 0 aliphatic carbocycles. The lowest BCUT2D eigenvalue weighted by molar-refractivity contribution is 1.30. The summed E-state index contributed by atoms with van der Waals surface area (Å²) in [5.41, 5.74) is 2.39. The van der Waals surface area contributed by atoms with Crippen molar-refractivity contribution in [3.8, 4) is 6.07 Å². The fraction of sp³-hybridized carbons (Fsp3) is 0. The van der Waals surface area contributed by atoms with Gasteiger partial charge in [-0.1, -0.05) is 0 Å². The molecule has 0 bridgehead atoms. The highest BCUT2D eigenvalue weighted by molar-refractivity contribution is 9.10. The first kappa shape index (κ1) is 12.1. The molecule has 17 heavy (non-hydrogen) atoms. The molecule has 0 unspecified atom stereocenters. The molecule has 3 nitrogen and oxygen atoms in total. The van der Waals surface area contributed by atoms with Crippen LogP contribution in [0.1, 0.15) is 5.56 Å². The second-order valence-corrected chi connectivity index (χ2v) is 5.09. The Morgan fingerprint density at radius 3 is 2.65 bits per heavy atom. The Kier molecular flexibility index (Phi) is 3.77. The lowest BCUT2D eigenvalue weighted by Gasteiger charge is -2.08. The predicted molar refractivity (Wildman–Crippen MR) is 74.1 cm³/mol. The van der Waals surface area contributed by atoms with Gasteiger partial charge in [-0.15, -0.1) is 0 Å². The minimum atomic E-state index is 0.620. The number of hydrogen-bond donors (Lipinski definition) is 1. The van der Waals surface area contributed by atoms with Crippen LogP contribution in [0.5, 0.6) is 0 Å². The summed E-state index contributed by atoms with van der Waals surface area (Å²) in [5, 5.41) is 12.0. The van der Waals surface area contributed by atoms with Crippen LogP contribution >= 0.6 is 31.9 Å². The van der Waals surface area contributed by atoms with Crippen LogP contribution in [0, 0.1) is 11.3 Å². The number of nitrogens with zero attached hydrogens (tertiary/aromatic N) is 2. The number of pyridine rings is 1. The third-order valence-electron chi connectivity index (χ3n) is 2.08. The van der Waals surface area contributed by atoms with Gasteiger partial charge in [-0.05, 0) is 56.1 Å². The van der Waals surface area contributed by atoms with Gasteiger partial charge in [-0.2, -0.15) is 5.26 Å². The Morgan fingerprint density at radius 1 is 1.18 bits per heavy atom. The first-order chi connectivity index (χ1) is 8.19. The van der Waals surface area contributed by atoms with E-state index in [2.05, 4.69) is 48.2 Å². The molecule has 0 atom stereocenters. The minimum Gasteiger partial charge on any atom is -0.353 e. The highest BCUT2D eigenvalue weighted by Gasteiger charge is 2.02. The molecule has 0 spiro atoms. The average molecular weight is 353 g/mol. The normalized spacial score (nSPS) is 9.71. The van der Waals surface area contributed by atoms with Gasteiger partial charge in [0.15, 0.2) is 0 Å². The molecule has 0 fully saturated rings. The standard InChI is InChI=1S/C12H7Br2N3/c13-9-4-10(7-16-6-9)17-12-2-1-8(5-15)3-11(12)14/h1-4,6-7,17H. The SMILES string of the molecule is N#Cc1ccc(Nc2cncc(Br)c2)c(Br)c1. The fourth-order valence-electron chi connectivity index (χ4n) is 1.32. The second kappa shape index (κ2) is 5.30. The zero-order valence-corrected chi connectivity index (χ0v) is 11.8. The number of hydrogen-bond acceptors (Lipinski definition) is 3. The largest absolute Gasteiger partial charge is 0.353 e. The summed E-state index contributed by atoms with van der Waals surface area (Å²) in [4.78, 5) is 4.07. The van der Waals surface area contributed by atoms with Gasteiger partial charge in [-0.25, -0.2) is 0 Å². The predicted octanol–water partition coefficient (Wildman–Crippen LogP) is 4.22. The lowest BCUT2D eigenvalue weighted by atomic mass is 10.2. The summed E-state index contributed by atoms with van der Waals surface area (Å²) in [6, 6.07) is 9.40. The maximum Gasteiger partial charge on any atom is 0.0992 e. The Labute approximate surface area is 116 Å². The summed E-state index contributed by atoms with van der Waals surface area (Å²) in [6.45, 7) is 0. The number of nitriles is 1. The average Bonchev–Trinajstić information content (AvgIpc) is 2.32. The highest BCUT2D eigenvalue weighted by atomic mass is 79.9. The number of aromatic nitrogens is 1. The van der Waals surface area contributed by atoms with Gasteiger partial charge in [0.1, 0.15) is 0 Å². The summed E-state index contributed by atoms with van der Waals surface area (Å²) in [6.07, 6.45) is 3.45. The molecule has 2 rings (SSSR count). The van der Waals surface area contributed by atoms with Gasteiger partial charge in [-0.3, -0.25) is 4.98 Å². The van der Waals surface area contributed by atoms with Gasteiger partial charge in [0, 0.05) is 15.1 Å². The molecular weight excluding hydrogens is 346 g/mol. The van der Waals surface area contributed by atoms with Crippen LogP contribution in [-0.2, 0) is 0 Å². The van der Waals surface area contributed by atoms with Gasteiger partial charge < -0.3 is 5.32 Å². The first-order valence-electron chi connectivity index (χ1n) is 4.76. The number of anilines is 2. The molecule has 1 N–H and O–H groups in total. The van der Waals surface area contributed by atoms with Crippen molar-refractivity contribution in [3.05, 3.63) is 51.2 Å². The zero-order valence-electron chi connectivity index (χ0n) is 8.61. The maximum absolute atomic E-state index is 8.77. The smallest absolute Gasteiger partial charge is 0.0992 e. The van der Waals surface area contributed by atoms with E-state index in [1.807, 2.05) is 12.1 Å². The summed E-state index contributed by atoms with van der Waals surface area (Å²) < 4.78 is 1.75. The number of nitrogens with one attached hydrogen (secondary N) is 1. The van der Waals surface area contributed by atoms with E-state index >= 15 is 0 Å². The van der Waals surface area contributed by atoms with Gasteiger partial charge in [0.05, 0.1) is 29.2 Å². The third-order valence-corrected chi connectivity index (χ3v) is 3.17. The van der Waals surface area contributed by atoms with Crippen molar-refractivity contribution in [1.29, 1.82) is 5.26 Å². The first-order valence-corrected chi connectivity index (χ1v) is 6.35. The van der Waals surface area contributed by atoms with E-state index < -0.39 is 0 Å². The van der Waals surface area contributed by atoms with Crippen molar-refractivity contribution in [3.63, 3.8) is 0 Å². The van der Waals surface area contributed by atoms with Gasteiger partial charge in [0.2, 0.25) is 0 Å². The van der Waals surface area contributed by atoms with Crippen LogP contribution in [0.25, 0.3) is 0 Å². The van der Waals surface area contributed by atoms with E-state index in [9.17, 15) is 0 Å². The molecule has 0 aliphatic rings. The van der Waals surface area contributed by atoms with Gasteiger partial charge >= 0.3 is 0 Å². The van der Waals surface area contributed by atoms with Crippen molar-refractivity contribution >= 4 is 43.2 Å². The molecule has 5 heteroatoms. The third kappa shape index (κ3) is 3.05. The molecule has 0 saturated heterocycles. The van der Waals surface area contributed by atoms with Crippen LogP contribution in [0.15, 0.2) is 45.6 Å². The monoisotopic (exact) mass is 351 g/mol. The van der Waals surface area contributed by atoms with E-state index in [0.717, 1.165) is 20.3 Å². The molecule has 1 aromatic heterocycles. The van der Waals surface area contributed by atoms with Crippen molar-refractivity contribution in [1.82, 2.24) is 4.98 Å². The molecule has 0 amide bonds. The van der Waals surface area contributed by atoms with Crippen molar-refractivity contribution in [2.45, 2.75) is 0 Å². The van der Waals surface area contributed by atoms with E-state index in [4.69, 9.17) is 5.26 Å². The van der Waals surface area contributed by atoms with Crippen LogP contribution in [0.2, 0.25) is 0 Å². The molecule has 0 aliphatic heterocycles. The van der Waals surface area contributed by atoms with E-state index in [1.165, 1.54) is 0 Å². The number of rotatable bonds is 2. The molecule has 0 saturated carbocycles. The Balaban J connectivity index is 2.28. The Bertz CT molecular complexity index is 591. The Morgan fingerprint density at radius 2 is 2.00 bits per heavy atom. The van der Waals surface area contributed by atoms with Crippen LogP contribution in [-0.4, -0.2) is 4.98 Å². The van der Waals surface area contributed by atoms with Crippen molar-refractivity contribution in [2.24, 2.45) is 0 Å². The quantitative estimate of drug-likeness (QED) is 0.880. The van der Waals surface area contributed by atoms with Crippen molar-refractivity contribution < 1.29 is 0 Å². The summed E-state index contributed by atoms with van der Waals surface area (Å²) in [7, 11) is 0. The number of halogens is 2. The van der Waals surface area contributed by atoms with Crippen LogP contribution in [0.3, 0.4) is 0 Å². The molecule has 1 heterocycles. The van der Waals surface area contributed by atoms with Crippen LogP contribution in [0.4, 0.5) is 11.4 Å². The van der Waals surface area contributed by atoms with E-state index in [1.54, 1.807) is 24.5 Å². The molecular formula is C12H7Br2N3. The summed E-state index contributed by atoms with van der Waals surface area (Å²) in [5.74, 6) is 0. The molecule has 84 valence electrons. The summed E-state index contributed by atoms with van der Waals surface area (Å²) >= 11 is 6.78. The number of benzene rings is 1. The Hall–Kier alpha value is -1.38. The van der Waals surface area contributed by atoms with Gasteiger partial charge in [0.25, 0.3) is 0 Å². The molecule has 1 aromatic carbocycles. The van der Waals surface area contributed by atoms with E-state index in [0.29, 0.717) is 5.56 Å². The highest BCUT2D eigenvalue weighted by Crippen LogP contribution is 2.27. The topological polar surface area (TPSA) is 48.7 Å². The zero-order chi connectivity index (χ0) is 12.3. The van der Waals surface area contributed by atoms with Crippen LogP contribution < -0.4 is 5.32 Å². The lowest BCUT2D eigenvalue weighted by Crippen LogP contribution is -1.92. The molecule has 2 aromatic rings. The minimum absolute atomic E-state index is 0.620. The van der Waals surface area contributed by atoms with Crippen molar-refractivity contribution in [2.75, 3.05) is 5.32 Å². The van der Waals surface area contributed by atoms with E-state index in [-0.39, 0.29) is 0 Å².